The van der Waals surface area contributed by atoms with E-state index in [2.05, 4.69) is 26.2 Å². The first-order chi connectivity index (χ1) is 12.8. The fraction of sp³-hybridized carbons (Fsp3) is 0.357. The Balaban J connectivity index is 2.40. The SMILES string of the molecule is CCOC(=O)N(C)c1c(OC(F)F)ccc(C(=O)NC2=NNNN2C)c1Cl. The van der Waals surface area contributed by atoms with Crippen LogP contribution in [0.15, 0.2) is 17.2 Å². The molecule has 1 aliphatic heterocycles. The van der Waals surface area contributed by atoms with Crippen LogP contribution in [0.1, 0.15) is 17.3 Å². The lowest BCUT2D eigenvalue weighted by Gasteiger charge is -2.22. The summed E-state index contributed by atoms with van der Waals surface area (Å²) in [5.74, 6) is -0.928. The number of amides is 2. The van der Waals surface area contributed by atoms with Gasteiger partial charge in [0, 0.05) is 14.1 Å². The number of nitrogens with one attached hydrogen (secondary N) is 3. The van der Waals surface area contributed by atoms with Gasteiger partial charge in [0.05, 0.1) is 17.2 Å². The Kier molecular flexibility index (Phi) is 6.58. The van der Waals surface area contributed by atoms with E-state index >= 15 is 0 Å². The van der Waals surface area contributed by atoms with Crippen molar-refractivity contribution < 1.29 is 27.8 Å². The number of hydrogen-bond acceptors (Lipinski definition) is 8. The van der Waals surface area contributed by atoms with Gasteiger partial charge in [-0.15, -0.1) is 10.6 Å². The number of benzene rings is 1. The van der Waals surface area contributed by atoms with Crippen LogP contribution in [0.3, 0.4) is 0 Å². The highest BCUT2D eigenvalue weighted by molar-refractivity contribution is 6.37. The molecule has 0 fully saturated rings. The summed E-state index contributed by atoms with van der Waals surface area (Å²) in [5.41, 5.74) is 4.69. The molecule has 2 rings (SSSR count). The fourth-order valence-corrected chi connectivity index (χ4v) is 2.47. The lowest BCUT2D eigenvalue weighted by molar-refractivity contribution is -0.0495. The molecule has 0 atom stereocenters. The second-order valence-electron chi connectivity index (χ2n) is 5.08. The zero-order valence-corrected chi connectivity index (χ0v) is 15.3. The fourth-order valence-electron chi connectivity index (χ4n) is 2.10. The van der Waals surface area contributed by atoms with Gasteiger partial charge in [-0.05, 0) is 19.1 Å². The number of halogens is 3. The Labute approximate surface area is 158 Å². The largest absolute Gasteiger partial charge is 0.449 e. The molecule has 3 N–H and O–H groups in total. The summed E-state index contributed by atoms with van der Waals surface area (Å²) in [7, 11) is 2.84. The van der Waals surface area contributed by atoms with E-state index in [1.54, 1.807) is 14.0 Å². The smallest absolute Gasteiger partial charge is 0.414 e. The summed E-state index contributed by atoms with van der Waals surface area (Å²) in [6.45, 7) is -1.53. The average Bonchev–Trinajstić information content (AvgIpc) is 2.99. The van der Waals surface area contributed by atoms with Crippen molar-refractivity contribution in [1.29, 1.82) is 0 Å². The maximum absolute atomic E-state index is 12.7. The number of hydrogen-bond donors (Lipinski definition) is 3. The molecule has 2 amide bonds. The molecule has 10 nitrogen and oxygen atoms in total. The van der Waals surface area contributed by atoms with E-state index < -0.39 is 18.6 Å². The van der Waals surface area contributed by atoms with Crippen molar-refractivity contribution in [3.8, 4) is 5.75 Å². The number of hydrazine groups is 2. The molecule has 0 radical (unpaired) electrons. The standard InChI is InChI=1S/C14H17ClF2N6O4/c1-4-26-14(25)22(2)10-8(27-12(16)17)6-5-7(9(10)15)11(24)18-13-19-20-21-23(13)3/h5-6,12,20-21H,4H2,1-3H3,(H,18,19,24). The molecular weight excluding hydrogens is 390 g/mol. The number of carbonyl (C=O) groups is 2. The lowest BCUT2D eigenvalue weighted by Crippen LogP contribution is -2.45. The third-order valence-corrected chi connectivity index (χ3v) is 3.72. The molecule has 0 saturated heterocycles. The van der Waals surface area contributed by atoms with Crippen molar-refractivity contribution >= 4 is 35.2 Å². The van der Waals surface area contributed by atoms with Gasteiger partial charge in [-0.2, -0.15) is 8.78 Å². The number of alkyl halides is 2. The average molecular weight is 407 g/mol. The van der Waals surface area contributed by atoms with Crippen molar-refractivity contribution in [2.24, 2.45) is 5.10 Å². The van der Waals surface area contributed by atoms with Gasteiger partial charge in [-0.25, -0.2) is 10.3 Å². The molecule has 0 aromatic heterocycles. The number of hydrazone groups is 1. The minimum Gasteiger partial charge on any atom is -0.449 e. The minimum absolute atomic E-state index is 0.0537. The summed E-state index contributed by atoms with van der Waals surface area (Å²) in [6.07, 6.45) is -0.857. The van der Waals surface area contributed by atoms with Crippen LogP contribution in [0.25, 0.3) is 0 Å². The first-order valence-corrected chi connectivity index (χ1v) is 7.95. The Morgan fingerprint density at radius 2 is 2.15 bits per heavy atom. The molecule has 0 saturated carbocycles. The zero-order valence-electron chi connectivity index (χ0n) is 14.5. The Hall–Kier alpha value is -2.86. The van der Waals surface area contributed by atoms with Crippen molar-refractivity contribution in [2.45, 2.75) is 13.5 Å². The van der Waals surface area contributed by atoms with Gasteiger partial charge in [0.25, 0.3) is 5.91 Å². The van der Waals surface area contributed by atoms with Crippen LogP contribution in [0.5, 0.6) is 5.75 Å². The predicted molar refractivity (Wildman–Crippen MR) is 92.4 cm³/mol. The van der Waals surface area contributed by atoms with Gasteiger partial charge in [0.1, 0.15) is 5.69 Å². The summed E-state index contributed by atoms with van der Waals surface area (Å²) in [5, 5.41) is 7.35. The van der Waals surface area contributed by atoms with Crippen molar-refractivity contribution in [2.75, 3.05) is 25.6 Å². The molecule has 27 heavy (non-hydrogen) atoms. The number of carbonyl (C=O) groups excluding carboxylic acids is 2. The van der Waals surface area contributed by atoms with Crippen molar-refractivity contribution in [3.63, 3.8) is 0 Å². The summed E-state index contributed by atoms with van der Waals surface area (Å²) in [4.78, 5) is 25.4. The Bertz CT molecular complexity index is 763. The molecule has 0 bridgehead atoms. The number of ether oxygens (including phenoxy) is 2. The van der Waals surface area contributed by atoms with Crippen LogP contribution >= 0.6 is 11.6 Å². The van der Waals surface area contributed by atoms with E-state index in [0.717, 1.165) is 11.0 Å². The monoisotopic (exact) mass is 406 g/mol. The van der Waals surface area contributed by atoms with Gasteiger partial charge in [-0.1, -0.05) is 11.6 Å². The number of guanidine groups is 1. The molecule has 0 spiro atoms. The van der Waals surface area contributed by atoms with Crippen LogP contribution in [-0.4, -0.2) is 50.3 Å². The second-order valence-corrected chi connectivity index (χ2v) is 5.46. The second kappa shape index (κ2) is 8.68. The van der Waals surface area contributed by atoms with E-state index in [9.17, 15) is 18.4 Å². The van der Waals surface area contributed by atoms with E-state index in [1.165, 1.54) is 18.1 Å². The Morgan fingerprint density at radius 3 is 2.70 bits per heavy atom. The van der Waals surface area contributed by atoms with E-state index in [-0.39, 0.29) is 34.6 Å². The molecule has 0 aliphatic carbocycles. The third kappa shape index (κ3) is 4.65. The molecule has 13 heteroatoms. The lowest BCUT2D eigenvalue weighted by atomic mass is 10.1. The van der Waals surface area contributed by atoms with Crippen LogP contribution < -0.4 is 26.0 Å². The van der Waals surface area contributed by atoms with Gasteiger partial charge in [-0.3, -0.25) is 20.0 Å². The number of nitrogens with zero attached hydrogens (tertiary/aromatic N) is 3. The molecular formula is C14H17ClF2N6O4. The van der Waals surface area contributed by atoms with E-state index in [0.29, 0.717) is 0 Å². The number of anilines is 1. The van der Waals surface area contributed by atoms with Crippen molar-refractivity contribution in [3.05, 3.63) is 22.7 Å². The highest BCUT2D eigenvalue weighted by atomic mass is 35.5. The molecule has 1 aromatic carbocycles. The van der Waals surface area contributed by atoms with Crippen LogP contribution in [0.2, 0.25) is 5.02 Å². The first-order valence-electron chi connectivity index (χ1n) is 7.57. The predicted octanol–water partition coefficient (Wildman–Crippen LogP) is 1.49. The van der Waals surface area contributed by atoms with E-state index in [4.69, 9.17) is 16.3 Å². The molecule has 0 unspecified atom stereocenters. The van der Waals surface area contributed by atoms with Crippen LogP contribution in [-0.2, 0) is 4.74 Å². The van der Waals surface area contributed by atoms with Gasteiger partial charge in [0.15, 0.2) is 5.75 Å². The summed E-state index contributed by atoms with van der Waals surface area (Å²) in [6, 6.07) is 2.29. The van der Waals surface area contributed by atoms with Crippen molar-refractivity contribution in [1.82, 2.24) is 21.4 Å². The van der Waals surface area contributed by atoms with Gasteiger partial charge < -0.3 is 9.47 Å². The first kappa shape index (κ1) is 20.5. The normalized spacial score (nSPS) is 13.1. The highest BCUT2D eigenvalue weighted by Crippen LogP contribution is 2.39. The number of rotatable bonds is 5. The highest BCUT2D eigenvalue weighted by Gasteiger charge is 2.27. The van der Waals surface area contributed by atoms with Gasteiger partial charge >= 0.3 is 12.7 Å². The molecule has 1 heterocycles. The zero-order chi connectivity index (χ0) is 20.1. The summed E-state index contributed by atoms with van der Waals surface area (Å²) >= 11 is 6.23. The minimum atomic E-state index is -3.16. The van der Waals surface area contributed by atoms with Crippen LogP contribution in [0, 0.1) is 0 Å². The van der Waals surface area contributed by atoms with Gasteiger partial charge in [0.2, 0.25) is 5.96 Å². The maximum atomic E-state index is 12.7. The molecule has 148 valence electrons. The Morgan fingerprint density at radius 1 is 1.44 bits per heavy atom. The summed E-state index contributed by atoms with van der Waals surface area (Å²) < 4.78 is 34.7. The maximum Gasteiger partial charge on any atom is 0.414 e. The van der Waals surface area contributed by atoms with Crippen LogP contribution in [0.4, 0.5) is 19.3 Å². The quantitative estimate of drug-likeness (QED) is 0.680. The third-order valence-electron chi connectivity index (χ3n) is 3.34. The van der Waals surface area contributed by atoms with E-state index in [1.807, 2.05) is 0 Å². The molecule has 1 aliphatic rings. The molecule has 1 aromatic rings. The topological polar surface area (TPSA) is 108 Å².